The topological polar surface area (TPSA) is 68.4 Å². The molecule has 3 aliphatic heterocycles. The largest absolute Gasteiger partial charge is 0.358 e. The van der Waals surface area contributed by atoms with Crippen LogP contribution in [0.1, 0.15) is 71.9 Å². The van der Waals surface area contributed by atoms with Gasteiger partial charge in [-0.15, -0.1) is 0 Å². The predicted octanol–water partition coefficient (Wildman–Crippen LogP) is 5.78. The van der Waals surface area contributed by atoms with E-state index < -0.39 is 5.92 Å². The van der Waals surface area contributed by atoms with E-state index in [-0.39, 0.29) is 34.2 Å². The number of likely N-dealkylation sites (tertiary alicyclic amines) is 2. The highest BCUT2D eigenvalue weighted by atomic mass is 79.9. The van der Waals surface area contributed by atoms with Crippen molar-refractivity contribution in [2.75, 3.05) is 31.5 Å². The minimum Gasteiger partial charge on any atom is -0.358 e. The van der Waals surface area contributed by atoms with Crippen molar-refractivity contribution in [1.82, 2.24) is 14.8 Å². The zero-order chi connectivity index (χ0) is 25.6. The van der Waals surface area contributed by atoms with Gasteiger partial charge in [0.15, 0.2) is 0 Å². The molecule has 2 aromatic rings. The van der Waals surface area contributed by atoms with Crippen LogP contribution in [0.2, 0.25) is 0 Å². The van der Waals surface area contributed by atoms with Crippen LogP contribution in [-0.2, 0) is 10.7 Å². The second-order valence-electron chi connectivity index (χ2n) is 10.1. The molecule has 0 bridgehead atoms. The minimum absolute atomic E-state index is 0.0126. The van der Waals surface area contributed by atoms with E-state index in [1.807, 2.05) is 0 Å². The highest BCUT2D eigenvalue weighted by Gasteiger charge is 2.39. The lowest BCUT2D eigenvalue weighted by atomic mass is 9.97. The first kappa shape index (κ1) is 25.1. The van der Waals surface area contributed by atoms with Crippen LogP contribution in [0.25, 0.3) is 11.6 Å². The smallest absolute Gasteiger partial charge is 0.273 e. The number of rotatable bonds is 4. The lowest BCUT2D eigenvalue weighted by molar-refractivity contribution is -0.110. The molecule has 9 heteroatoms. The van der Waals surface area contributed by atoms with Crippen molar-refractivity contribution in [3.8, 4) is 0 Å². The van der Waals surface area contributed by atoms with E-state index in [9.17, 15) is 9.59 Å². The van der Waals surface area contributed by atoms with Gasteiger partial charge in [0.25, 0.3) is 17.7 Å². The fourth-order valence-electron chi connectivity index (χ4n) is 5.80. The first-order valence-electron chi connectivity index (χ1n) is 12.6. The van der Waals surface area contributed by atoms with Crippen LogP contribution in [0.15, 0.2) is 22.7 Å². The average Bonchev–Trinajstić information content (AvgIpc) is 3.35. The van der Waals surface area contributed by atoms with Gasteiger partial charge in [0.05, 0.1) is 16.7 Å². The zero-order valence-corrected chi connectivity index (χ0v) is 22.2. The number of amides is 2. The summed E-state index contributed by atoms with van der Waals surface area (Å²) in [5, 5.41) is 2.77. The average molecular weight is 561 g/mol. The molecule has 0 saturated carbocycles. The van der Waals surface area contributed by atoms with Gasteiger partial charge in [-0.2, -0.15) is 0 Å². The summed E-state index contributed by atoms with van der Waals surface area (Å²) in [6.45, 7) is 5.76. The fourth-order valence-corrected chi connectivity index (χ4v) is 6.17. The first-order chi connectivity index (χ1) is 17.1. The molecule has 6 nitrogen and oxygen atoms in total. The van der Waals surface area contributed by atoms with Gasteiger partial charge in [-0.1, -0.05) is 22.4 Å². The normalized spacial score (nSPS) is 20.6. The van der Waals surface area contributed by atoms with Crippen molar-refractivity contribution in [2.24, 2.45) is 0 Å². The molecule has 3 aliphatic rings. The Kier molecular flexibility index (Phi) is 6.80. The molecule has 0 radical (unpaired) electrons. The second-order valence-corrected chi connectivity index (χ2v) is 11.0. The molecular formula is C27H31BrF2N4O2. The number of halogens is 3. The summed E-state index contributed by atoms with van der Waals surface area (Å²) in [6, 6.07) is 5.79. The third kappa shape index (κ3) is 4.75. The van der Waals surface area contributed by atoms with Crippen molar-refractivity contribution < 1.29 is 18.4 Å². The molecule has 5 rings (SSSR count). The number of nitrogens with zero attached hydrogens (tertiary/aromatic N) is 2. The molecular weight excluding hydrogens is 530 g/mol. The molecule has 0 unspecified atom stereocenters. The van der Waals surface area contributed by atoms with Crippen LogP contribution in [0.5, 0.6) is 0 Å². The Bertz CT molecular complexity index is 1220. The van der Waals surface area contributed by atoms with Crippen molar-refractivity contribution in [1.29, 1.82) is 0 Å². The maximum atomic E-state index is 15.0. The summed E-state index contributed by atoms with van der Waals surface area (Å²) in [7, 11) is 0. The van der Waals surface area contributed by atoms with E-state index in [1.54, 1.807) is 30.0 Å². The maximum Gasteiger partial charge on any atom is 0.273 e. The Hall–Kier alpha value is -2.52. The first-order valence-corrected chi connectivity index (χ1v) is 13.4. The number of aromatic nitrogens is 1. The van der Waals surface area contributed by atoms with Crippen LogP contribution in [0.3, 0.4) is 0 Å². The van der Waals surface area contributed by atoms with Crippen molar-refractivity contribution in [3.05, 3.63) is 50.8 Å². The number of anilines is 1. The van der Waals surface area contributed by atoms with Crippen LogP contribution < -0.4 is 5.32 Å². The van der Waals surface area contributed by atoms with Gasteiger partial charge >= 0.3 is 0 Å². The number of benzene rings is 1. The van der Waals surface area contributed by atoms with Gasteiger partial charge < -0.3 is 20.1 Å². The Morgan fingerprint density at radius 1 is 1.14 bits per heavy atom. The number of aromatic amines is 1. The molecule has 2 N–H and O–H groups in total. The molecule has 0 atom stereocenters. The SMILES string of the molecule is Cc1[nH]c(/C=C2\C(=O)Nc3ccc(Br)cc32)c(C(C)(F)F)c1C(=O)N1CCC(N2CCCCC2)CC1. The van der Waals surface area contributed by atoms with Gasteiger partial charge in [-0.3, -0.25) is 9.59 Å². The predicted molar refractivity (Wildman–Crippen MR) is 140 cm³/mol. The third-order valence-corrected chi connectivity index (χ3v) is 8.07. The zero-order valence-electron chi connectivity index (χ0n) is 20.6. The molecule has 4 heterocycles. The van der Waals surface area contributed by atoms with Gasteiger partial charge in [-0.05, 0) is 70.0 Å². The summed E-state index contributed by atoms with van der Waals surface area (Å²) < 4.78 is 30.8. The second kappa shape index (κ2) is 9.74. The number of piperidine rings is 2. The summed E-state index contributed by atoms with van der Waals surface area (Å²) >= 11 is 3.40. The van der Waals surface area contributed by atoms with E-state index in [0.29, 0.717) is 36.1 Å². The number of carbonyl (C=O) groups is 2. The van der Waals surface area contributed by atoms with Crippen molar-refractivity contribution in [2.45, 2.75) is 57.9 Å². The number of H-pyrrole nitrogens is 1. The van der Waals surface area contributed by atoms with E-state index >= 15 is 8.78 Å². The van der Waals surface area contributed by atoms with Gasteiger partial charge in [0, 0.05) is 53.2 Å². The molecule has 1 aromatic carbocycles. The Balaban J connectivity index is 1.45. The molecule has 1 aromatic heterocycles. The summed E-state index contributed by atoms with van der Waals surface area (Å²) in [4.78, 5) is 33.5. The van der Waals surface area contributed by atoms with Crippen LogP contribution in [0, 0.1) is 6.92 Å². The lowest BCUT2D eigenvalue weighted by Gasteiger charge is -2.40. The van der Waals surface area contributed by atoms with Crippen molar-refractivity contribution >= 4 is 45.1 Å². The summed E-state index contributed by atoms with van der Waals surface area (Å²) in [5.41, 5.74) is 1.65. The highest BCUT2D eigenvalue weighted by molar-refractivity contribution is 9.10. The van der Waals surface area contributed by atoms with Crippen molar-refractivity contribution in [3.63, 3.8) is 0 Å². The van der Waals surface area contributed by atoms with Gasteiger partial charge in [0.2, 0.25) is 0 Å². The summed E-state index contributed by atoms with van der Waals surface area (Å²) in [6.07, 6.45) is 6.86. The number of aryl methyl sites for hydroxylation is 1. The maximum absolute atomic E-state index is 15.0. The summed E-state index contributed by atoms with van der Waals surface area (Å²) in [5.74, 6) is -4.02. The van der Waals surface area contributed by atoms with Crippen LogP contribution in [0.4, 0.5) is 14.5 Å². The third-order valence-electron chi connectivity index (χ3n) is 7.58. The fraction of sp³-hybridized carbons (Fsp3) is 0.481. The number of carbonyl (C=O) groups excluding carboxylic acids is 2. The molecule has 0 spiro atoms. The Morgan fingerprint density at radius 3 is 2.50 bits per heavy atom. The standard InChI is InChI=1S/C27H31BrF2N4O2/c1-16-23(26(36)34-12-8-18(9-13-34)33-10-4-3-5-11-33)24(27(2,29)30)22(31-16)15-20-19-14-17(28)6-7-21(19)32-25(20)35/h6-7,14-15,18,31H,3-5,8-13H2,1-2H3,(H,32,35)/b20-15-. The molecule has 2 saturated heterocycles. The molecule has 0 aliphatic carbocycles. The molecule has 2 fully saturated rings. The van der Waals surface area contributed by atoms with Crippen LogP contribution in [-0.4, -0.2) is 58.8 Å². The number of fused-ring (bicyclic) bond motifs is 1. The number of hydrogen-bond acceptors (Lipinski definition) is 3. The lowest BCUT2D eigenvalue weighted by Crippen LogP contribution is -2.48. The van der Waals surface area contributed by atoms with Crippen LogP contribution >= 0.6 is 15.9 Å². The molecule has 36 heavy (non-hydrogen) atoms. The highest BCUT2D eigenvalue weighted by Crippen LogP contribution is 2.40. The monoisotopic (exact) mass is 560 g/mol. The van der Waals surface area contributed by atoms with E-state index in [4.69, 9.17) is 0 Å². The van der Waals surface area contributed by atoms with E-state index in [0.717, 1.165) is 37.3 Å². The Morgan fingerprint density at radius 2 is 1.83 bits per heavy atom. The molecule has 2 amide bonds. The number of nitrogens with one attached hydrogen (secondary N) is 2. The van der Waals surface area contributed by atoms with Gasteiger partial charge in [0.1, 0.15) is 0 Å². The minimum atomic E-state index is -3.27. The number of alkyl halides is 2. The van der Waals surface area contributed by atoms with E-state index in [1.165, 1.54) is 25.3 Å². The Labute approximate surface area is 218 Å². The van der Waals surface area contributed by atoms with E-state index in [2.05, 4.69) is 31.1 Å². The molecule has 192 valence electrons. The number of hydrogen-bond donors (Lipinski definition) is 2. The van der Waals surface area contributed by atoms with Gasteiger partial charge in [-0.25, -0.2) is 8.78 Å². The quantitative estimate of drug-likeness (QED) is 0.465.